The molecule has 1 aromatic rings. The average Bonchev–Trinajstić information content (AvgIpc) is 2.30. The molecule has 0 aliphatic rings. The van der Waals surface area contributed by atoms with Crippen molar-refractivity contribution in [3.63, 3.8) is 0 Å². The number of nitrogens with one attached hydrogen (secondary N) is 1. The summed E-state index contributed by atoms with van der Waals surface area (Å²) in [5, 5.41) is 3.38. The summed E-state index contributed by atoms with van der Waals surface area (Å²) >= 11 is 3.45. The third-order valence-corrected chi connectivity index (χ3v) is 3.13. The molecule has 0 atom stereocenters. The SMILES string of the molecule is Cc1cc(Br)ccc1OCCNCCCN(C)C. The lowest BCUT2D eigenvalue weighted by Crippen LogP contribution is -2.25. The molecule has 3 nitrogen and oxygen atoms in total. The van der Waals surface area contributed by atoms with Gasteiger partial charge < -0.3 is 15.0 Å². The highest BCUT2D eigenvalue weighted by atomic mass is 79.9. The number of nitrogens with zero attached hydrogens (tertiary/aromatic N) is 1. The Hall–Kier alpha value is -0.580. The fourth-order valence-corrected chi connectivity index (χ4v) is 2.13. The van der Waals surface area contributed by atoms with E-state index in [1.165, 1.54) is 6.42 Å². The quantitative estimate of drug-likeness (QED) is 0.747. The monoisotopic (exact) mass is 314 g/mol. The van der Waals surface area contributed by atoms with Crippen LogP contribution in [-0.4, -0.2) is 45.2 Å². The number of halogens is 1. The van der Waals surface area contributed by atoms with E-state index in [0.29, 0.717) is 6.61 Å². The van der Waals surface area contributed by atoms with Gasteiger partial charge in [-0.2, -0.15) is 0 Å². The first-order chi connectivity index (χ1) is 8.59. The highest BCUT2D eigenvalue weighted by Crippen LogP contribution is 2.21. The second-order valence-corrected chi connectivity index (χ2v) is 5.58. The van der Waals surface area contributed by atoms with Gasteiger partial charge in [0.05, 0.1) is 0 Å². The van der Waals surface area contributed by atoms with Gasteiger partial charge in [0.1, 0.15) is 12.4 Å². The molecule has 0 aliphatic carbocycles. The summed E-state index contributed by atoms with van der Waals surface area (Å²) in [5.41, 5.74) is 1.16. The van der Waals surface area contributed by atoms with Gasteiger partial charge in [-0.1, -0.05) is 15.9 Å². The molecule has 0 heterocycles. The van der Waals surface area contributed by atoms with E-state index in [1.54, 1.807) is 0 Å². The molecule has 1 aromatic carbocycles. The Morgan fingerprint density at radius 1 is 1.28 bits per heavy atom. The molecule has 0 saturated heterocycles. The van der Waals surface area contributed by atoms with Crippen LogP contribution < -0.4 is 10.1 Å². The van der Waals surface area contributed by atoms with Crippen LogP contribution in [0.3, 0.4) is 0 Å². The fourth-order valence-electron chi connectivity index (χ4n) is 1.65. The minimum Gasteiger partial charge on any atom is -0.492 e. The molecule has 0 aromatic heterocycles. The fraction of sp³-hybridized carbons (Fsp3) is 0.571. The van der Waals surface area contributed by atoms with Gasteiger partial charge in [0.15, 0.2) is 0 Å². The molecule has 0 spiro atoms. The third-order valence-electron chi connectivity index (χ3n) is 2.63. The largest absolute Gasteiger partial charge is 0.492 e. The van der Waals surface area contributed by atoms with E-state index < -0.39 is 0 Å². The molecule has 102 valence electrons. The number of hydrogen-bond donors (Lipinski definition) is 1. The lowest BCUT2D eigenvalue weighted by atomic mass is 10.2. The Bertz CT molecular complexity index is 356. The zero-order valence-electron chi connectivity index (χ0n) is 11.5. The van der Waals surface area contributed by atoms with Crippen molar-refractivity contribution in [1.29, 1.82) is 0 Å². The van der Waals surface area contributed by atoms with Crippen molar-refractivity contribution in [3.8, 4) is 5.75 Å². The molecule has 4 heteroatoms. The maximum Gasteiger partial charge on any atom is 0.122 e. The highest BCUT2D eigenvalue weighted by molar-refractivity contribution is 9.10. The minimum atomic E-state index is 0.713. The number of ether oxygens (including phenoxy) is 1. The van der Waals surface area contributed by atoms with Crippen molar-refractivity contribution in [2.45, 2.75) is 13.3 Å². The van der Waals surface area contributed by atoms with Crippen molar-refractivity contribution >= 4 is 15.9 Å². The van der Waals surface area contributed by atoms with Crippen LogP contribution in [0.15, 0.2) is 22.7 Å². The second-order valence-electron chi connectivity index (χ2n) is 4.67. The van der Waals surface area contributed by atoms with E-state index in [2.05, 4.69) is 53.2 Å². The normalized spacial score (nSPS) is 10.9. The van der Waals surface area contributed by atoms with Gasteiger partial charge in [-0.05, 0) is 64.3 Å². The molecule has 0 saturated carbocycles. The van der Waals surface area contributed by atoms with Crippen LogP contribution in [0, 0.1) is 6.92 Å². The van der Waals surface area contributed by atoms with E-state index in [9.17, 15) is 0 Å². The summed E-state index contributed by atoms with van der Waals surface area (Å²) in [6.45, 7) is 5.83. The van der Waals surface area contributed by atoms with Gasteiger partial charge in [-0.15, -0.1) is 0 Å². The summed E-state index contributed by atoms with van der Waals surface area (Å²) < 4.78 is 6.82. The Labute approximate surface area is 119 Å². The number of benzene rings is 1. The molecule has 0 aliphatic heterocycles. The van der Waals surface area contributed by atoms with Crippen molar-refractivity contribution in [2.75, 3.05) is 40.3 Å². The molecule has 0 radical (unpaired) electrons. The van der Waals surface area contributed by atoms with Crippen molar-refractivity contribution < 1.29 is 4.74 Å². The van der Waals surface area contributed by atoms with Crippen LogP contribution in [0.25, 0.3) is 0 Å². The molecule has 0 bridgehead atoms. The van der Waals surface area contributed by atoms with Gasteiger partial charge in [0.2, 0.25) is 0 Å². The molecule has 0 fully saturated rings. The minimum absolute atomic E-state index is 0.713. The van der Waals surface area contributed by atoms with E-state index >= 15 is 0 Å². The number of hydrogen-bond acceptors (Lipinski definition) is 3. The maximum absolute atomic E-state index is 5.73. The summed E-state index contributed by atoms with van der Waals surface area (Å²) in [4.78, 5) is 2.20. The first-order valence-electron chi connectivity index (χ1n) is 6.34. The Balaban J connectivity index is 2.11. The van der Waals surface area contributed by atoms with Gasteiger partial charge in [0.25, 0.3) is 0 Å². The van der Waals surface area contributed by atoms with Crippen LogP contribution in [0.4, 0.5) is 0 Å². The zero-order chi connectivity index (χ0) is 13.4. The standard InChI is InChI=1S/C14H23BrN2O/c1-12-11-13(15)5-6-14(12)18-10-8-16-7-4-9-17(2)3/h5-6,11,16H,4,7-10H2,1-3H3. The van der Waals surface area contributed by atoms with Crippen molar-refractivity contribution in [1.82, 2.24) is 10.2 Å². The first-order valence-corrected chi connectivity index (χ1v) is 7.13. The lowest BCUT2D eigenvalue weighted by Gasteiger charge is -2.11. The third kappa shape index (κ3) is 6.38. The summed E-state index contributed by atoms with van der Waals surface area (Å²) in [5.74, 6) is 0.966. The Kier molecular flexibility index (Phi) is 7.32. The van der Waals surface area contributed by atoms with Gasteiger partial charge in [0, 0.05) is 11.0 Å². The second kappa shape index (κ2) is 8.51. The molecule has 1 N–H and O–H groups in total. The number of rotatable bonds is 8. The summed E-state index contributed by atoms with van der Waals surface area (Å²) in [6.07, 6.45) is 1.17. The maximum atomic E-state index is 5.73. The van der Waals surface area contributed by atoms with Crippen molar-refractivity contribution in [3.05, 3.63) is 28.2 Å². The highest BCUT2D eigenvalue weighted by Gasteiger charge is 1.99. The van der Waals surface area contributed by atoms with Gasteiger partial charge >= 0.3 is 0 Å². The molecule has 18 heavy (non-hydrogen) atoms. The number of aryl methyl sites for hydroxylation is 1. The van der Waals surface area contributed by atoms with Gasteiger partial charge in [-0.25, -0.2) is 0 Å². The zero-order valence-corrected chi connectivity index (χ0v) is 13.1. The first kappa shape index (κ1) is 15.5. The summed E-state index contributed by atoms with van der Waals surface area (Å²) in [6, 6.07) is 6.08. The predicted octanol–water partition coefficient (Wildman–Crippen LogP) is 2.68. The Morgan fingerprint density at radius 3 is 2.72 bits per heavy atom. The lowest BCUT2D eigenvalue weighted by molar-refractivity contribution is 0.309. The van der Waals surface area contributed by atoms with E-state index in [4.69, 9.17) is 4.74 Å². The van der Waals surface area contributed by atoms with E-state index in [1.807, 2.05) is 12.1 Å². The molecule has 0 unspecified atom stereocenters. The predicted molar refractivity (Wildman–Crippen MR) is 80.4 cm³/mol. The topological polar surface area (TPSA) is 24.5 Å². The smallest absolute Gasteiger partial charge is 0.122 e. The van der Waals surface area contributed by atoms with Crippen LogP contribution >= 0.6 is 15.9 Å². The molecular formula is C14H23BrN2O. The van der Waals surface area contributed by atoms with E-state index in [-0.39, 0.29) is 0 Å². The molecular weight excluding hydrogens is 292 g/mol. The molecule has 0 amide bonds. The van der Waals surface area contributed by atoms with E-state index in [0.717, 1.165) is 35.4 Å². The summed E-state index contributed by atoms with van der Waals surface area (Å²) in [7, 11) is 4.19. The Morgan fingerprint density at radius 2 is 2.06 bits per heavy atom. The van der Waals surface area contributed by atoms with Crippen LogP contribution in [-0.2, 0) is 0 Å². The van der Waals surface area contributed by atoms with Gasteiger partial charge in [-0.3, -0.25) is 0 Å². The van der Waals surface area contributed by atoms with Crippen LogP contribution in [0.1, 0.15) is 12.0 Å². The van der Waals surface area contributed by atoms with Crippen LogP contribution in [0.2, 0.25) is 0 Å². The van der Waals surface area contributed by atoms with Crippen molar-refractivity contribution in [2.24, 2.45) is 0 Å². The molecule has 1 rings (SSSR count). The van der Waals surface area contributed by atoms with Crippen LogP contribution in [0.5, 0.6) is 5.75 Å². The average molecular weight is 315 g/mol.